The topological polar surface area (TPSA) is 80.4 Å². The lowest BCUT2D eigenvalue weighted by Crippen LogP contribution is -2.06. The normalized spacial score (nSPS) is 10.3. The molecule has 0 radical (unpaired) electrons. The van der Waals surface area contributed by atoms with Crippen molar-refractivity contribution in [3.63, 3.8) is 0 Å². The van der Waals surface area contributed by atoms with E-state index >= 15 is 0 Å². The van der Waals surface area contributed by atoms with Gasteiger partial charge in [-0.2, -0.15) is 0 Å². The van der Waals surface area contributed by atoms with Crippen LogP contribution in [-0.4, -0.2) is 16.0 Å². The fourth-order valence-corrected chi connectivity index (χ4v) is 2.79. The summed E-state index contributed by atoms with van der Waals surface area (Å²) in [6.45, 7) is 1.98. The fourth-order valence-electron chi connectivity index (χ4n) is 1.90. The van der Waals surface area contributed by atoms with Gasteiger partial charge in [-0.25, -0.2) is 4.79 Å². The van der Waals surface area contributed by atoms with Crippen LogP contribution < -0.4 is 0 Å². The molecule has 0 heterocycles. The van der Waals surface area contributed by atoms with E-state index in [1.807, 2.05) is 31.2 Å². The standard InChI is InChI=1S/C15H13NO4S/c1-10-5-7-12(8-6-10)21-9-11-3-2-4-13(16(19)20)14(11)15(17)18/h2-8H,9H2,1H3,(H,17,18). The first-order valence-corrected chi connectivity index (χ1v) is 7.16. The van der Waals surface area contributed by atoms with E-state index < -0.39 is 10.9 Å². The third kappa shape index (κ3) is 3.61. The molecular weight excluding hydrogens is 290 g/mol. The zero-order valence-corrected chi connectivity index (χ0v) is 12.1. The van der Waals surface area contributed by atoms with E-state index in [1.54, 1.807) is 6.07 Å². The summed E-state index contributed by atoms with van der Waals surface area (Å²) >= 11 is 1.45. The molecule has 0 aromatic heterocycles. The summed E-state index contributed by atoms with van der Waals surface area (Å²) < 4.78 is 0. The fraction of sp³-hybridized carbons (Fsp3) is 0.133. The molecule has 0 unspecified atom stereocenters. The molecule has 0 spiro atoms. The largest absolute Gasteiger partial charge is 0.477 e. The number of benzene rings is 2. The second-order valence-corrected chi connectivity index (χ2v) is 5.52. The van der Waals surface area contributed by atoms with E-state index in [9.17, 15) is 20.0 Å². The molecule has 2 aromatic carbocycles. The molecule has 2 rings (SSSR count). The van der Waals surface area contributed by atoms with Gasteiger partial charge in [0.2, 0.25) is 0 Å². The number of nitro groups is 1. The lowest BCUT2D eigenvalue weighted by molar-refractivity contribution is -0.385. The van der Waals surface area contributed by atoms with Gasteiger partial charge >= 0.3 is 5.97 Å². The van der Waals surface area contributed by atoms with Gasteiger partial charge in [-0.3, -0.25) is 10.1 Å². The molecule has 0 atom stereocenters. The predicted molar refractivity (Wildman–Crippen MR) is 80.8 cm³/mol. The molecular formula is C15H13NO4S. The lowest BCUT2D eigenvalue weighted by Gasteiger charge is -2.07. The van der Waals surface area contributed by atoms with Crippen LogP contribution in [0.15, 0.2) is 47.4 Å². The Hall–Kier alpha value is -2.34. The first-order valence-electron chi connectivity index (χ1n) is 6.18. The van der Waals surface area contributed by atoms with Gasteiger partial charge in [0, 0.05) is 16.7 Å². The van der Waals surface area contributed by atoms with E-state index in [2.05, 4.69) is 0 Å². The molecule has 21 heavy (non-hydrogen) atoms. The summed E-state index contributed by atoms with van der Waals surface area (Å²) in [5.41, 5.74) is 0.981. The Balaban J connectivity index is 2.27. The number of carboxylic acid groups (broad SMARTS) is 1. The first-order chi connectivity index (χ1) is 9.99. The number of carboxylic acids is 1. The Kier molecular flexibility index (Phi) is 4.59. The van der Waals surface area contributed by atoms with Crippen LogP contribution in [0.3, 0.4) is 0 Å². The Morgan fingerprint density at radius 1 is 1.24 bits per heavy atom. The molecule has 108 valence electrons. The molecule has 6 heteroatoms. The minimum absolute atomic E-state index is 0.234. The zero-order chi connectivity index (χ0) is 15.4. The second kappa shape index (κ2) is 6.41. The average molecular weight is 303 g/mol. The molecule has 2 aromatic rings. The molecule has 0 aliphatic rings. The average Bonchev–Trinajstić information content (AvgIpc) is 2.46. The van der Waals surface area contributed by atoms with Crippen molar-refractivity contribution in [2.24, 2.45) is 0 Å². The monoisotopic (exact) mass is 303 g/mol. The lowest BCUT2D eigenvalue weighted by atomic mass is 10.1. The Morgan fingerprint density at radius 2 is 1.90 bits per heavy atom. The smallest absolute Gasteiger partial charge is 0.343 e. The van der Waals surface area contributed by atoms with Crippen molar-refractivity contribution >= 4 is 23.4 Å². The number of aryl methyl sites for hydroxylation is 1. The third-order valence-electron chi connectivity index (χ3n) is 2.95. The van der Waals surface area contributed by atoms with Gasteiger partial charge < -0.3 is 5.11 Å². The van der Waals surface area contributed by atoms with Gasteiger partial charge in [-0.1, -0.05) is 29.8 Å². The maximum Gasteiger partial charge on any atom is 0.343 e. The van der Waals surface area contributed by atoms with Gasteiger partial charge in [0.1, 0.15) is 5.56 Å². The predicted octanol–water partition coefficient (Wildman–Crippen LogP) is 3.89. The number of nitrogens with zero attached hydrogens (tertiary/aromatic N) is 1. The summed E-state index contributed by atoms with van der Waals surface area (Å²) in [7, 11) is 0. The van der Waals surface area contributed by atoms with E-state index in [0.717, 1.165) is 10.5 Å². The molecule has 0 amide bonds. The van der Waals surface area contributed by atoms with Crippen molar-refractivity contribution in [3.05, 3.63) is 69.3 Å². The summed E-state index contributed by atoms with van der Waals surface area (Å²) in [6, 6.07) is 12.1. The molecule has 0 fully saturated rings. The number of hydrogen-bond acceptors (Lipinski definition) is 4. The summed E-state index contributed by atoms with van der Waals surface area (Å²) in [5.74, 6) is -0.909. The van der Waals surface area contributed by atoms with Crippen LogP contribution in [-0.2, 0) is 5.75 Å². The molecule has 0 aliphatic heterocycles. The van der Waals surface area contributed by atoms with Crippen LogP contribution in [0.25, 0.3) is 0 Å². The van der Waals surface area contributed by atoms with Crippen molar-refractivity contribution in [1.29, 1.82) is 0 Å². The van der Waals surface area contributed by atoms with Crippen molar-refractivity contribution < 1.29 is 14.8 Å². The third-order valence-corrected chi connectivity index (χ3v) is 4.02. The molecule has 0 saturated carbocycles. The van der Waals surface area contributed by atoms with Crippen molar-refractivity contribution in [2.75, 3.05) is 0 Å². The van der Waals surface area contributed by atoms with Crippen molar-refractivity contribution in [2.45, 2.75) is 17.6 Å². The van der Waals surface area contributed by atoms with Crippen LogP contribution in [0.4, 0.5) is 5.69 Å². The van der Waals surface area contributed by atoms with Gasteiger partial charge in [0.05, 0.1) is 4.92 Å². The summed E-state index contributed by atoms with van der Waals surface area (Å²) in [4.78, 5) is 22.5. The molecule has 0 saturated heterocycles. The Morgan fingerprint density at radius 3 is 2.48 bits per heavy atom. The zero-order valence-electron chi connectivity index (χ0n) is 11.3. The highest BCUT2D eigenvalue weighted by Crippen LogP contribution is 2.29. The minimum atomic E-state index is -1.28. The highest BCUT2D eigenvalue weighted by Gasteiger charge is 2.23. The number of rotatable bonds is 5. The van der Waals surface area contributed by atoms with Crippen LogP contribution in [0.5, 0.6) is 0 Å². The van der Waals surface area contributed by atoms with Gasteiger partial charge in [-0.05, 0) is 24.6 Å². The second-order valence-electron chi connectivity index (χ2n) is 4.48. The first kappa shape index (κ1) is 15.1. The Labute approximate surface area is 125 Å². The van der Waals surface area contributed by atoms with E-state index in [0.29, 0.717) is 11.3 Å². The molecule has 1 N–H and O–H groups in total. The maximum absolute atomic E-state index is 11.3. The van der Waals surface area contributed by atoms with Gasteiger partial charge in [0.15, 0.2) is 0 Å². The number of hydrogen-bond donors (Lipinski definition) is 1. The SMILES string of the molecule is Cc1ccc(SCc2cccc([N+](=O)[O-])c2C(=O)O)cc1. The van der Waals surface area contributed by atoms with E-state index in [1.165, 1.54) is 23.9 Å². The van der Waals surface area contributed by atoms with Crippen LogP contribution in [0.1, 0.15) is 21.5 Å². The number of carbonyl (C=O) groups is 1. The maximum atomic E-state index is 11.3. The highest BCUT2D eigenvalue weighted by molar-refractivity contribution is 7.98. The van der Waals surface area contributed by atoms with Crippen LogP contribution >= 0.6 is 11.8 Å². The number of aromatic carboxylic acids is 1. The van der Waals surface area contributed by atoms with Crippen LogP contribution in [0, 0.1) is 17.0 Å². The van der Waals surface area contributed by atoms with Crippen LogP contribution in [0.2, 0.25) is 0 Å². The number of nitro benzene ring substituents is 1. The number of thioether (sulfide) groups is 1. The van der Waals surface area contributed by atoms with Crippen molar-refractivity contribution in [3.8, 4) is 0 Å². The quantitative estimate of drug-likeness (QED) is 0.515. The molecule has 5 nitrogen and oxygen atoms in total. The van der Waals surface area contributed by atoms with Crippen molar-refractivity contribution in [1.82, 2.24) is 0 Å². The van der Waals surface area contributed by atoms with Gasteiger partial charge in [0.25, 0.3) is 5.69 Å². The van der Waals surface area contributed by atoms with E-state index in [4.69, 9.17) is 0 Å². The van der Waals surface area contributed by atoms with E-state index in [-0.39, 0.29) is 11.3 Å². The molecule has 0 aliphatic carbocycles. The Bertz CT molecular complexity index is 683. The van der Waals surface area contributed by atoms with Gasteiger partial charge in [-0.15, -0.1) is 11.8 Å². The highest BCUT2D eigenvalue weighted by atomic mass is 32.2. The summed E-state index contributed by atoms with van der Waals surface area (Å²) in [6.07, 6.45) is 0. The minimum Gasteiger partial charge on any atom is -0.477 e. The molecule has 0 bridgehead atoms. The summed E-state index contributed by atoms with van der Waals surface area (Å²) in [5, 5.41) is 20.1.